The number of nitrogens with zero attached hydrogens (tertiary/aromatic N) is 7. The van der Waals surface area contributed by atoms with Crippen LogP contribution in [0.2, 0.25) is 0 Å². The Kier molecular flexibility index (Phi) is 6.30. The van der Waals surface area contributed by atoms with E-state index in [-0.39, 0.29) is 18.6 Å². The van der Waals surface area contributed by atoms with Gasteiger partial charge in [0, 0.05) is 30.8 Å². The van der Waals surface area contributed by atoms with Gasteiger partial charge in [-0.2, -0.15) is 24.4 Å². The molecule has 0 radical (unpaired) electrons. The van der Waals surface area contributed by atoms with Gasteiger partial charge in [0.15, 0.2) is 5.82 Å². The molecule has 1 amide bonds. The zero-order valence-corrected chi connectivity index (χ0v) is 21.2. The highest BCUT2D eigenvalue weighted by Crippen LogP contribution is 2.40. The van der Waals surface area contributed by atoms with Crippen molar-refractivity contribution in [3.05, 3.63) is 36.0 Å². The number of amides is 1. The van der Waals surface area contributed by atoms with Crippen LogP contribution in [0.25, 0.3) is 0 Å². The van der Waals surface area contributed by atoms with E-state index in [1.807, 2.05) is 22.8 Å². The number of aromatic amines is 1. The van der Waals surface area contributed by atoms with Crippen LogP contribution >= 0.6 is 0 Å². The number of halogens is 1. The van der Waals surface area contributed by atoms with Crippen LogP contribution in [0.5, 0.6) is 0 Å². The van der Waals surface area contributed by atoms with Gasteiger partial charge in [0.25, 0.3) is 0 Å². The van der Waals surface area contributed by atoms with E-state index in [9.17, 15) is 14.3 Å². The van der Waals surface area contributed by atoms with Crippen molar-refractivity contribution < 1.29 is 14.3 Å². The fourth-order valence-corrected chi connectivity index (χ4v) is 5.30. The summed E-state index contributed by atoms with van der Waals surface area (Å²) in [5, 5.41) is 23.4. The minimum atomic E-state index is -0.947. The number of carbonyl (C=O) groups is 1. The van der Waals surface area contributed by atoms with E-state index in [2.05, 4.69) is 30.8 Å². The van der Waals surface area contributed by atoms with E-state index < -0.39 is 11.5 Å². The number of aromatic nitrogens is 6. The van der Waals surface area contributed by atoms with Crippen LogP contribution in [0.15, 0.2) is 24.4 Å². The molecule has 1 aliphatic carbocycles. The zero-order chi connectivity index (χ0) is 26.3. The van der Waals surface area contributed by atoms with Gasteiger partial charge >= 0.3 is 0 Å². The minimum Gasteiger partial charge on any atom is -0.394 e. The van der Waals surface area contributed by atoms with Crippen molar-refractivity contribution in [3.8, 4) is 0 Å². The van der Waals surface area contributed by atoms with Gasteiger partial charge in [0.05, 0.1) is 24.5 Å². The van der Waals surface area contributed by atoms with Gasteiger partial charge in [0.1, 0.15) is 5.54 Å². The molecule has 3 fully saturated rings. The molecule has 4 N–H and O–H groups in total. The first kappa shape index (κ1) is 24.5. The van der Waals surface area contributed by atoms with E-state index in [0.717, 1.165) is 44.3 Å². The molecule has 3 aliphatic rings. The van der Waals surface area contributed by atoms with E-state index in [1.54, 1.807) is 0 Å². The Morgan fingerprint density at radius 2 is 2.03 bits per heavy atom. The quantitative estimate of drug-likeness (QED) is 0.325. The number of aliphatic hydroxyl groups is 1. The summed E-state index contributed by atoms with van der Waals surface area (Å²) in [6.45, 7) is 3.15. The molecular formula is C25H31FN10O2. The Morgan fingerprint density at radius 3 is 2.79 bits per heavy atom. The number of hydrogen-bond acceptors (Lipinski definition) is 10. The first-order valence-electron chi connectivity index (χ1n) is 13.1. The van der Waals surface area contributed by atoms with Crippen molar-refractivity contribution in [2.45, 2.75) is 62.9 Å². The lowest BCUT2D eigenvalue weighted by Gasteiger charge is -2.34. The number of rotatable bonds is 8. The maximum Gasteiger partial charge on any atom is 0.250 e. The molecule has 6 rings (SSSR count). The average Bonchev–Trinajstić information content (AvgIpc) is 3.28. The van der Waals surface area contributed by atoms with Crippen LogP contribution in [0.1, 0.15) is 57.1 Å². The Labute approximate surface area is 219 Å². The number of aliphatic hydroxyl groups excluding tert-OH is 1. The SMILES string of the molecule is C[C@@]1(C(=O)Nc2ccc(F)nc2)CCCN1c1nc(Nc2cc(C3CC3)[nH]n2)nc(N2CCCC2CO)n1. The average molecular weight is 523 g/mol. The molecule has 0 bridgehead atoms. The summed E-state index contributed by atoms with van der Waals surface area (Å²) >= 11 is 0. The first-order valence-corrected chi connectivity index (χ1v) is 13.1. The van der Waals surface area contributed by atoms with Crippen LogP contribution < -0.4 is 20.4 Å². The standard InChI is InChI=1S/C25H31FN10O2/c1-25(21(38)28-16-7-8-19(26)27-13-16)9-3-11-36(25)24-31-22(29-20-12-18(33-34-20)15-5-6-15)30-23(32-24)35-10-2-4-17(35)14-37/h7-8,12-13,15,17,37H,2-6,9-11,14H2,1H3,(H,28,38)(H2,29,30,31,32,33,34)/t17?,25-/m0/s1. The zero-order valence-electron chi connectivity index (χ0n) is 21.2. The summed E-state index contributed by atoms with van der Waals surface area (Å²) in [5.41, 5.74) is 0.550. The summed E-state index contributed by atoms with van der Waals surface area (Å²) in [6, 6.07) is 4.58. The van der Waals surface area contributed by atoms with Crippen molar-refractivity contribution in [2.24, 2.45) is 0 Å². The van der Waals surface area contributed by atoms with Gasteiger partial charge < -0.3 is 25.5 Å². The molecule has 0 aromatic carbocycles. The molecule has 0 spiro atoms. The molecule has 1 unspecified atom stereocenters. The van der Waals surface area contributed by atoms with Crippen molar-refractivity contribution in [2.75, 3.05) is 40.1 Å². The van der Waals surface area contributed by atoms with E-state index in [4.69, 9.17) is 9.97 Å². The topological polar surface area (TPSA) is 148 Å². The number of nitrogens with one attached hydrogen (secondary N) is 3. The number of hydrogen-bond donors (Lipinski definition) is 4. The van der Waals surface area contributed by atoms with Gasteiger partial charge in [-0.25, -0.2) is 4.98 Å². The predicted octanol–water partition coefficient (Wildman–Crippen LogP) is 2.71. The van der Waals surface area contributed by atoms with Crippen molar-refractivity contribution in [1.82, 2.24) is 30.1 Å². The summed E-state index contributed by atoms with van der Waals surface area (Å²) in [5.74, 6) is 1.41. The molecular weight excluding hydrogens is 491 g/mol. The maximum absolute atomic E-state index is 13.5. The third-order valence-corrected chi connectivity index (χ3v) is 7.67. The van der Waals surface area contributed by atoms with Crippen molar-refractivity contribution in [3.63, 3.8) is 0 Å². The first-order chi connectivity index (χ1) is 18.4. The third kappa shape index (κ3) is 4.73. The van der Waals surface area contributed by atoms with Gasteiger partial charge in [0.2, 0.25) is 29.7 Å². The summed E-state index contributed by atoms with van der Waals surface area (Å²) < 4.78 is 13.3. The molecule has 13 heteroatoms. The third-order valence-electron chi connectivity index (χ3n) is 7.67. The largest absolute Gasteiger partial charge is 0.394 e. The van der Waals surface area contributed by atoms with E-state index >= 15 is 0 Å². The van der Waals surface area contributed by atoms with E-state index in [1.165, 1.54) is 18.3 Å². The highest BCUT2D eigenvalue weighted by Gasteiger charge is 2.45. The fraction of sp³-hybridized carbons (Fsp3) is 0.520. The normalized spacial score (nSPS) is 23.2. The lowest BCUT2D eigenvalue weighted by molar-refractivity contribution is -0.120. The smallest absolute Gasteiger partial charge is 0.250 e. The molecule has 3 aromatic rings. The second kappa shape index (κ2) is 9.78. The summed E-state index contributed by atoms with van der Waals surface area (Å²) in [4.78, 5) is 35.2. The van der Waals surface area contributed by atoms with Crippen LogP contribution in [-0.2, 0) is 4.79 Å². The molecule has 2 atom stereocenters. The van der Waals surface area contributed by atoms with E-state index in [0.29, 0.717) is 48.2 Å². The Hall–Kier alpha value is -3.87. The summed E-state index contributed by atoms with van der Waals surface area (Å²) in [7, 11) is 0. The van der Waals surface area contributed by atoms with Crippen LogP contribution in [-0.4, -0.2) is 72.4 Å². The molecule has 38 heavy (non-hydrogen) atoms. The molecule has 2 saturated heterocycles. The Morgan fingerprint density at radius 1 is 1.18 bits per heavy atom. The molecule has 2 aliphatic heterocycles. The summed E-state index contributed by atoms with van der Waals surface area (Å²) in [6.07, 6.45) is 6.73. The molecule has 3 aromatic heterocycles. The van der Waals surface area contributed by atoms with Crippen LogP contribution in [0.3, 0.4) is 0 Å². The van der Waals surface area contributed by atoms with Crippen molar-refractivity contribution in [1.29, 1.82) is 0 Å². The molecule has 5 heterocycles. The highest BCUT2D eigenvalue weighted by atomic mass is 19.1. The lowest BCUT2D eigenvalue weighted by atomic mass is 9.97. The second-order valence-corrected chi connectivity index (χ2v) is 10.4. The van der Waals surface area contributed by atoms with Gasteiger partial charge in [-0.3, -0.25) is 9.89 Å². The lowest BCUT2D eigenvalue weighted by Crippen LogP contribution is -2.52. The number of pyridine rings is 1. The maximum atomic E-state index is 13.5. The Bertz CT molecular complexity index is 1310. The molecule has 200 valence electrons. The van der Waals surface area contributed by atoms with Gasteiger partial charge in [-0.1, -0.05) is 0 Å². The number of H-pyrrole nitrogens is 1. The monoisotopic (exact) mass is 522 g/mol. The van der Waals surface area contributed by atoms with Crippen LogP contribution in [0.4, 0.5) is 33.7 Å². The highest BCUT2D eigenvalue weighted by molar-refractivity contribution is 6.00. The fourth-order valence-electron chi connectivity index (χ4n) is 5.30. The van der Waals surface area contributed by atoms with Gasteiger partial charge in [-0.05, 0) is 57.6 Å². The van der Waals surface area contributed by atoms with Crippen molar-refractivity contribution >= 4 is 35.3 Å². The molecule has 12 nitrogen and oxygen atoms in total. The minimum absolute atomic E-state index is 0.00341. The van der Waals surface area contributed by atoms with Crippen LogP contribution in [0, 0.1) is 5.95 Å². The predicted molar refractivity (Wildman–Crippen MR) is 139 cm³/mol. The number of anilines is 5. The number of carbonyl (C=O) groups excluding carboxylic acids is 1. The molecule has 1 saturated carbocycles. The second-order valence-electron chi connectivity index (χ2n) is 10.4. The van der Waals surface area contributed by atoms with Gasteiger partial charge in [-0.15, -0.1) is 0 Å². The Balaban J connectivity index is 1.32.